The summed E-state index contributed by atoms with van der Waals surface area (Å²) in [4.78, 5) is 25.4. The molecule has 0 heterocycles. The summed E-state index contributed by atoms with van der Waals surface area (Å²) in [5.41, 5.74) is 4.97. The fraction of sp³-hybridized carbons (Fsp3) is 0.300. The Bertz CT molecular complexity index is 803. The lowest BCUT2D eigenvalue weighted by Gasteiger charge is -2.41. The van der Waals surface area contributed by atoms with E-state index in [9.17, 15) is 9.59 Å². The van der Waals surface area contributed by atoms with Gasteiger partial charge in [-0.25, -0.2) is 0 Å². The van der Waals surface area contributed by atoms with Gasteiger partial charge in [0.1, 0.15) is 0 Å². The normalized spacial score (nSPS) is 26.2. The van der Waals surface area contributed by atoms with Gasteiger partial charge in [-0.05, 0) is 29.5 Å². The van der Waals surface area contributed by atoms with E-state index in [0.29, 0.717) is 6.42 Å². The largest absolute Gasteiger partial charge is 0.294 e. The minimum Gasteiger partial charge on any atom is -0.294 e. The third-order valence-corrected chi connectivity index (χ3v) is 5.39. The van der Waals surface area contributed by atoms with Crippen LogP contribution in [0.15, 0.2) is 42.5 Å². The number of hydrogen-bond acceptors (Lipinski definition) is 2. The molecule has 0 radical (unpaired) electrons. The first-order valence-electron chi connectivity index (χ1n) is 7.85. The zero-order valence-corrected chi connectivity index (χ0v) is 12.8. The molecule has 0 unspecified atom stereocenters. The number of rotatable bonds is 0. The van der Waals surface area contributed by atoms with Gasteiger partial charge >= 0.3 is 0 Å². The van der Waals surface area contributed by atoms with Crippen molar-refractivity contribution in [2.45, 2.75) is 32.1 Å². The van der Waals surface area contributed by atoms with Crippen molar-refractivity contribution in [1.82, 2.24) is 0 Å². The first kappa shape index (κ1) is 13.4. The van der Waals surface area contributed by atoms with Gasteiger partial charge in [0.25, 0.3) is 0 Å². The molecule has 2 aliphatic carbocycles. The van der Waals surface area contributed by atoms with E-state index in [1.807, 2.05) is 43.3 Å². The van der Waals surface area contributed by atoms with Crippen LogP contribution in [-0.4, -0.2) is 11.6 Å². The van der Waals surface area contributed by atoms with Crippen molar-refractivity contribution in [2.24, 2.45) is 5.92 Å². The smallest absolute Gasteiger partial charge is 0.167 e. The number of carbonyl (C=O) groups excluding carboxylic acids is 2. The predicted molar refractivity (Wildman–Crippen MR) is 85.5 cm³/mol. The SMILES string of the molecule is Cc1cccc2c1[C@@H]1[C@@H](CC2=O)C(=O)c2ccccc2[C@@H]1C. The molecule has 0 saturated carbocycles. The highest BCUT2D eigenvalue weighted by Crippen LogP contribution is 2.51. The number of benzene rings is 2. The lowest BCUT2D eigenvalue weighted by molar-refractivity contribution is 0.0787. The topological polar surface area (TPSA) is 34.1 Å². The second kappa shape index (κ2) is 4.64. The third-order valence-electron chi connectivity index (χ3n) is 5.39. The van der Waals surface area contributed by atoms with Gasteiger partial charge in [0.15, 0.2) is 11.6 Å². The molecule has 2 aliphatic rings. The second-order valence-corrected chi connectivity index (χ2v) is 6.54. The summed E-state index contributed by atoms with van der Waals surface area (Å²) in [5.74, 6) is 0.426. The molecule has 0 amide bonds. The lowest BCUT2D eigenvalue weighted by atomic mass is 9.60. The highest BCUT2D eigenvalue weighted by molar-refractivity contribution is 6.08. The second-order valence-electron chi connectivity index (χ2n) is 6.54. The van der Waals surface area contributed by atoms with Gasteiger partial charge in [0.05, 0.1) is 0 Å². The van der Waals surface area contributed by atoms with Crippen LogP contribution >= 0.6 is 0 Å². The first-order chi connectivity index (χ1) is 10.6. The number of hydrogen-bond donors (Lipinski definition) is 0. The monoisotopic (exact) mass is 290 g/mol. The molecule has 0 N–H and O–H groups in total. The molecule has 2 aromatic rings. The number of fused-ring (bicyclic) bond motifs is 4. The summed E-state index contributed by atoms with van der Waals surface area (Å²) in [6, 6.07) is 13.8. The number of carbonyl (C=O) groups is 2. The molecule has 0 spiro atoms. The van der Waals surface area contributed by atoms with Crippen LogP contribution in [0.2, 0.25) is 0 Å². The molecule has 22 heavy (non-hydrogen) atoms. The Hall–Kier alpha value is -2.22. The van der Waals surface area contributed by atoms with E-state index < -0.39 is 0 Å². The Kier molecular flexibility index (Phi) is 2.83. The van der Waals surface area contributed by atoms with E-state index in [-0.39, 0.29) is 29.3 Å². The van der Waals surface area contributed by atoms with E-state index in [1.165, 1.54) is 0 Å². The minimum absolute atomic E-state index is 0.111. The minimum atomic E-state index is -0.203. The summed E-state index contributed by atoms with van der Waals surface area (Å²) < 4.78 is 0. The van der Waals surface area contributed by atoms with Crippen LogP contribution < -0.4 is 0 Å². The number of Topliss-reactive ketones (excluding diaryl/α,β-unsaturated/α-hetero) is 2. The molecule has 2 nitrogen and oxygen atoms in total. The Morgan fingerprint density at radius 1 is 0.955 bits per heavy atom. The van der Waals surface area contributed by atoms with E-state index >= 15 is 0 Å². The summed E-state index contributed by atoms with van der Waals surface area (Å²) in [6.07, 6.45) is 0.346. The van der Waals surface area contributed by atoms with Crippen molar-refractivity contribution in [3.05, 3.63) is 70.3 Å². The molecule has 0 fully saturated rings. The fourth-order valence-electron chi connectivity index (χ4n) is 4.37. The summed E-state index contributed by atoms with van der Waals surface area (Å²) in [7, 11) is 0. The number of ketones is 2. The maximum atomic E-state index is 12.9. The molecular weight excluding hydrogens is 272 g/mol. The van der Waals surface area contributed by atoms with Crippen LogP contribution in [0.1, 0.15) is 62.6 Å². The zero-order valence-electron chi connectivity index (χ0n) is 12.8. The predicted octanol–water partition coefficient (Wildman–Crippen LogP) is 4.28. The maximum absolute atomic E-state index is 12.9. The van der Waals surface area contributed by atoms with E-state index in [1.54, 1.807) is 0 Å². The Balaban J connectivity index is 1.98. The van der Waals surface area contributed by atoms with Crippen molar-refractivity contribution < 1.29 is 9.59 Å². The van der Waals surface area contributed by atoms with Crippen LogP contribution in [0.25, 0.3) is 0 Å². The average Bonchev–Trinajstić information content (AvgIpc) is 2.53. The van der Waals surface area contributed by atoms with Crippen LogP contribution in [0.5, 0.6) is 0 Å². The molecule has 0 aromatic heterocycles. The van der Waals surface area contributed by atoms with Crippen molar-refractivity contribution in [3.63, 3.8) is 0 Å². The van der Waals surface area contributed by atoms with E-state index in [0.717, 1.165) is 27.8 Å². The van der Waals surface area contributed by atoms with Gasteiger partial charge in [-0.3, -0.25) is 9.59 Å². The van der Waals surface area contributed by atoms with Gasteiger partial charge in [-0.15, -0.1) is 0 Å². The quantitative estimate of drug-likeness (QED) is 0.725. The fourth-order valence-corrected chi connectivity index (χ4v) is 4.37. The molecular formula is C20H18O2. The van der Waals surface area contributed by atoms with Gasteiger partial charge in [0.2, 0.25) is 0 Å². The van der Waals surface area contributed by atoms with Crippen molar-refractivity contribution in [1.29, 1.82) is 0 Å². The Morgan fingerprint density at radius 3 is 2.50 bits per heavy atom. The van der Waals surface area contributed by atoms with Crippen LogP contribution in [-0.2, 0) is 0 Å². The Labute approximate surface area is 130 Å². The number of aryl methyl sites for hydroxylation is 1. The lowest BCUT2D eigenvalue weighted by Crippen LogP contribution is -2.38. The molecule has 0 aliphatic heterocycles. The van der Waals surface area contributed by atoms with Gasteiger partial charge in [-0.1, -0.05) is 49.4 Å². The van der Waals surface area contributed by atoms with Gasteiger partial charge in [-0.2, -0.15) is 0 Å². The van der Waals surface area contributed by atoms with Gasteiger partial charge < -0.3 is 0 Å². The Morgan fingerprint density at radius 2 is 1.68 bits per heavy atom. The maximum Gasteiger partial charge on any atom is 0.167 e. The van der Waals surface area contributed by atoms with Crippen LogP contribution in [0.3, 0.4) is 0 Å². The van der Waals surface area contributed by atoms with E-state index in [4.69, 9.17) is 0 Å². The van der Waals surface area contributed by atoms with E-state index in [2.05, 4.69) is 13.0 Å². The zero-order chi connectivity index (χ0) is 15.4. The molecule has 0 saturated heterocycles. The molecule has 2 heteroatoms. The van der Waals surface area contributed by atoms with Crippen molar-refractivity contribution in [2.75, 3.05) is 0 Å². The molecule has 2 aromatic carbocycles. The summed E-state index contributed by atoms with van der Waals surface area (Å²) in [6.45, 7) is 4.24. The molecule has 0 bridgehead atoms. The highest BCUT2D eigenvalue weighted by Gasteiger charge is 2.46. The highest BCUT2D eigenvalue weighted by atomic mass is 16.1. The van der Waals surface area contributed by atoms with Crippen molar-refractivity contribution in [3.8, 4) is 0 Å². The standard InChI is InChI=1S/C20H18O2/c1-11-6-5-9-15-17(21)10-16-19(18(11)15)12(2)13-7-3-4-8-14(13)20(16)22/h3-9,12,16,19H,10H2,1-2H3/t12-,16+,19-/m0/s1. The van der Waals surface area contributed by atoms with Crippen molar-refractivity contribution >= 4 is 11.6 Å². The average molecular weight is 290 g/mol. The molecule has 110 valence electrons. The van der Waals surface area contributed by atoms with Gasteiger partial charge in [0, 0.05) is 29.4 Å². The summed E-state index contributed by atoms with van der Waals surface area (Å²) in [5, 5.41) is 0. The van der Waals surface area contributed by atoms with Crippen LogP contribution in [0.4, 0.5) is 0 Å². The molecule has 4 rings (SSSR count). The molecule has 3 atom stereocenters. The third kappa shape index (κ3) is 1.67. The summed E-state index contributed by atoms with van der Waals surface area (Å²) >= 11 is 0. The first-order valence-corrected chi connectivity index (χ1v) is 7.85. The van der Waals surface area contributed by atoms with Crippen LogP contribution in [0, 0.1) is 12.8 Å².